The Hall–Kier alpha value is -0.0500. The lowest BCUT2D eigenvalue weighted by Crippen LogP contribution is -2.18. The SMILES string of the molecule is CCCCCCCCCCC(CCCCCCBr)OC(=O)CCCC. The molecule has 150 valence electrons. The van der Waals surface area contributed by atoms with Gasteiger partial charge in [0, 0.05) is 11.8 Å². The van der Waals surface area contributed by atoms with E-state index in [-0.39, 0.29) is 12.1 Å². The van der Waals surface area contributed by atoms with E-state index in [1.165, 1.54) is 77.0 Å². The van der Waals surface area contributed by atoms with Crippen LogP contribution in [0.25, 0.3) is 0 Å². The van der Waals surface area contributed by atoms with Crippen molar-refractivity contribution in [3.05, 3.63) is 0 Å². The first kappa shape index (κ1) is 24.9. The van der Waals surface area contributed by atoms with Crippen molar-refractivity contribution in [3.8, 4) is 0 Å². The molecule has 0 spiro atoms. The maximum atomic E-state index is 12.0. The van der Waals surface area contributed by atoms with Gasteiger partial charge in [0.15, 0.2) is 0 Å². The quantitative estimate of drug-likeness (QED) is 0.121. The highest BCUT2D eigenvalue weighted by Gasteiger charge is 2.13. The molecule has 0 aromatic carbocycles. The second-order valence-corrected chi connectivity index (χ2v) is 8.16. The molecule has 0 N–H and O–H groups in total. The van der Waals surface area contributed by atoms with Crippen molar-refractivity contribution in [3.63, 3.8) is 0 Å². The number of alkyl halides is 1. The van der Waals surface area contributed by atoms with E-state index >= 15 is 0 Å². The monoisotopic (exact) mass is 418 g/mol. The summed E-state index contributed by atoms with van der Waals surface area (Å²) in [5.74, 6) is 0.0203. The van der Waals surface area contributed by atoms with Crippen LogP contribution in [0.15, 0.2) is 0 Å². The number of ether oxygens (including phenoxy) is 1. The molecule has 0 aromatic rings. The molecule has 3 heteroatoms. The molecule has 0 fully saturated rings. The average Bonchev–Trinajstić information content (AvgIpc) is 2.61. The zero-order chi connectivity index (χ0) is 18.6. The van der Waals surface area contributed by atoms with E-state index in [9.17, 15) is 4.79 Å². The van der Waals surface area contributed by atoms with Crippen molar-refractivity contribution in [2.24, 2.45) is 0 Å². The topological polar surface area (TPSA) is 26.3 Å². The first-order valence-corrected chi connectivity index (χ1v) is 12.1. The summed E-state index contributed by atoms with van der Waals surface area (Å²) in [6.45, 7) is 4.39. The first-order chi connectivity index (χ1) is 12.2. The summed E-state index contributed by atoms with van der Waals surface area (Å²) in [4.78, 5) is 12.0. The minimum Gasteiger partial charge on any atom is -0.462 e. The summed E-state index contributed by atoms with van der Waals surface area (Å²) >= 11 is 3.49. The largest absolute Gasteiger partial charge is 0.462 e. The Balaban J connectivity index is 3.88. The van der Waals surface area contributed by atoms with Crippen molar-refractivity contribution in [1.82, 2.24) is 0 Å². The highest BCUT2D eigenvalue weighted by Crippen LogP contribution is 2.17. The van der Waals surface area contributed by atoms with Crippen molar-refractivity contribution in [1.29, 1.82) is 0 Å². The molecule has 0 aromatic heterocycles. The van der Waals surface area contributed by atoms with E-state index in [0.717, 1.165) is 31.0 Å². The van der Waals surface area contributed by atoms with Gasteiger partial charge in [-0.1, -0.05) is 94.0 Å². The Morgan fingerprint density at radius 1 is 0.720 bits per heavy atom. The maximum Gasteiger partial charge on any atom is 0.306 e. The molecule has 0 amide bonds. The van der Waals surface area contributed by atoms with E-state index in [0.29, 0.717) is 6.42 Å². The lowest BCUT2D eigenvalue weighted by atomic mass is 10.0. The Morgan fingerprint density at radius 2 is 1.20 bits per heavy atom. The third kappa shape index (κ3) is 18.5. The van der Waals surface area contributed by atoms with Crippen LogP contribution in [-0.2, 0) is 9.53 Å². The predicted octanol–water partition coefficient (Wildman–Crippen LogP) is 7.96. The molecule has 0 aliphatic rings. The van der Waals surface area contributed by atoms with Gasteiger partial charge in [-0.05, 0) is 38.5 Å². The summed E-state index contributed by atoms with van der Waals surface area (Å²) in [7, 11) is 0. The molecule has 0 heterocycles. The second kappa shape index (κ2) is 20.3. The van der Waals surface area contributed by atoms with Crippen LogP contribution in [0, 0.1) is 0 Å². The van der Waals surface area contributed by atoms with Gasteiger partial charge in [-0.2, -0.15) is 0 Å². The molecule has 2 nitrogen and oxygen atoms in total. The smallest absolute Gasteiger partial charge is 0.306 e. The third-order valence-electron chi connectivity index (χ3n) is 4.82. The van der Waals surface area contributed by atoms with Crippen molar-refractivity contribution in [2.75, 3.05) is 5.33 Å². The Kier molecular flexibility index (Phi) is 20.2. The molecule has 0 aliphatic heterocycles. The van der Waals surface area contributed by atoms with Crippen LogP contribution in [0.2, 0.25) is 0 Å². The summed E-state index contributed by atoms with van der Waals surface area (Å²) in [6, 6.07) is 0. The minimum absolute atomic E-state index is 0.0203. The van der Waals surface area contributed by atoms with Gasteiger partial charge < -0.3 is 4.74 Å². The number of rotatable bonds is 19. The van der Waals surface area contributed by atoms with Gasteiger partial charge in [0.2, 0.25) is 0 Å². The number of hydrogen-bond donors (Lipinski definition) is 0. The minimum atomic E-state index is 0.0203. The summed E-state index contributed by atoms with van der Waals surface area (Å²) < 4.78 is 5.77. The molecule has 25 heavy (non-hydrogen) atoms. The van der Waals surface area contributed by atoms with Gasteiger partial charge in [0.1, 0.15) is 6.10 Å². The fourth-order valence-electron chi connectivity index (χ4n) is 3.15. The standard InChI is InChI=1S/C22H43BrO2/c1-3-5-7-8-9-10-11-14-17-21(18-15-12-13-16-20-23)25-22(24)19-6-4-2/h21H,3-20H2,1-2H3. The van der Waals surface area contributed by atoms with Gasteiger partial charge in [-0.3, -0.25) is 4.79 Å². The van der Waals surface area contributed by atoms with E-state index in [4.69, 9.17) is 4.74 Å². The number of esters is 1. The number of halogens is 1. The molecule has 1 unspecified atom stereocenters. The second-order valence-electron chi connectivity index (χ2n) is 7.37. The van der Waals surface area contributed by atoms with Crippen LogP contribution < -0.4 is 0 Å². The van der Waals surface area contributed by atoms with Gasteiger partial charge in [-0.25, -0.2) is 0 Å². The molecular weight excluding hydrogens is 376 g/mol. The number of hydrogen-bond acceptors (Lipinski definition) is 2. The fraction of sp³-hybridized carbons (Fsp3) is 0.955. The van der Waals surface area contributed by atoms with Crippen molar-refractivity contribution >= 4 is 21.9 Å². The average molecular weight is 419 g/mol. The van der Waals surface area contributed by atoms with E-state index in [1.807, 2.05) is 0 Å². The predicted molar refractivity (Wildman–Crippen MR) is 114 cm³/mol. The number of carbonyl (C=O) groups excluding carboxylic acids is 1. The first-order valence-electron chi connectivity index (χ1n) is 11.0. The molecule has 1 atom stereocenters. The van der Waals surface area contributed by atoms with Crippen LogP contribution >= 0.6 is 15.9 Å². The Morgan fingerprint density at radius 3 is 1.72 bits per heavy atom. The molecule has 0 bridgehead atoms. The maximum absolute atomic E-state index is 12.0. The molecule has 0 radical (unpaired) electrons. The zero-order valence-corrected chi connectivity index (χ0v) is 18.6. The van der Waals surface area contributed by atoms with Gasteiger partial charge >= 0.3 is 5.97 Å². The van der Waals surface area contributed by atoms with E-state index < -0.39 is 0 Å². The van der Waals surface area contributed by atoms with Crippen LogP contribution in [0.4, 0.5) is 0 Å². The summed E-state index contributed by atoms with van der Waals surface area (Å²) in [5.41, 5.74) is 0. The molecular formula is C22H43BrO2. The van der Waals surface area contributed by atoms with Crippen molar-refractivity contribution in [2.45, 2.75) is 129 Å². The highest BCUT2D eigenvalue weighted by molar-refractivity contribution is 9.09. The van der Waals surface area contributed by atoms with Gasteiger partial charge in [0.05, 0.1) is 0 Å². The Labute approximate surface area is 166 Å². The van der Waals surface area contributed by atoms with Crippen LogP contribution in [-0.4, -0.2) is 17.4 Å². The number of unbranched alkanes of at least 4 members (excludes halogenated alkanes) is 11. The zero-order valence-electron chi connectivity index (χ0n) is 17.0. The summed E-state index contributed by atoms with van der Waals surface area (Å²) in [5, 5.41) is 1.10. The van der Waals surface area contributed by atoms with E-state index in [1.54, 1.807) is 0 Å². The summed E-state index contributed by atoms with van der Waals surface area (Å²) in [6.07, 6.45) is 20.5. The lowest BCUT2D eigenvalue weighted by Gasteiger charge is -2.18. The normalized spacial score (nSPS) is 12.3. The van der Waals surface area contributed by atoms with Crippen LogP contribution in [0.3, 0.4) is 0 Å². The lowest BCUT2D eigenvalue weighted by molar-refractivity contribution is -0.150. The molecule has 0 saturated carbocycles. The van der Waals surface area contributed by atoms with Crippen molar-refractivity contribution < 1.29 is 9.53 Å². The van der Waals surface area contributed by atoms with Gasteiger partial charge in [-0.15, -0.1) is 0 Å². The molecule has 0 saturated heterocycles. The fourth-order valence-corrected chi connectivity index (χ4v) is 3.55. The third-order valence-corrected chi connectivity index (χ3v) is 5.38. The Bertz CT molecular complexity index is 281. The number of carbonyl (C=O) groups is 1. The van der Waals surface area contributed by atoms with Crippen LogP contribution in [0.1, 0.15) is 123 Å². The van der Waals surface area contributed by atoms with Gasteiger partial charge in [0.25, 0.3) is 0 Å². The van der Waals surface area contributed by atoms with E-state index in [2.05, 4.69) is 29.8 Å². The highest BCUT2D eigenvalue weighted by atomic mass is 79.9. The molecule has 0 aliphatic carbocycles. The molecule has 0 rings (SSSR count). The van der Waals surface area contributed by atoms with Crippen LogP contribution in [0.5, 0.6) is 0 Å².